The molecule has 0 amide bonds. The molecular formula is C16H16ClNO3. The van der Waals surface area contributed by atoms with Crippen LogP contribution in [0.4, 0.5) is 5.69 Å². The van der Waals surface area contributed by atoms with E-state index in [1.54, 1.807) is 12.1 Å². The fourth-order valence-corrected chi connectivity index (χ4v) is 2.41. The molecule has 0 aliphatic rings. The highest BCUT2D eigenvalue weighted by Gasteiger charge is 2.16. The molecule has 0 heterocycles. The van der Waals surface area contributed by atoms with Crippen LogP contribution in [0.15, 0.2) is 48.5 Å². The van der Waals surface area contributed by atoms with Gasteiger partial charge in [-0.25, -0.2) is 0 Å². The van der Waals surface area contributed by atoms with E-state index in [0.717, 1.165) is 17.5 Å². The molecule has 110 valence electrons. The number of benzene rings is 2. The number of methoxy groups -OCH3 is 1. The Bertz CT molecular complexity index is 616. The third kappa shape index (κ3) is 3.95. The molecule has 0 saturated carbocycles. The molecule has 2 aromatic rings. The number of rotatable bonds is 6. The van der Waals surface area contributed by atoms with Crippen LogP contribution in [0.1, 0.15) is 22.9 Å². The molecule has 2 rings (SSSR count). The topological polar surface area (TPSA) is 52.4 Å². The largest absolute Gasteiger partial charge is 0.490 e. The highest BCUT2D eigenvalue weighted by molar-refractivity contribution is 6.20. The molecule has 0 N–H and O–H groups in total. The van der Waals surface area contributed by atoms with E-state index < -0.39 is 4.92 Å². The maximum absolute atomic E-state index is 11.0. The van der Waals surface area contributed by atoms with Gasteiger partial charge >= 0.3 is 5.69 Å². The molecule has 4 nitrogen and oxygen atoms in total. The summed E-state index contributed by atoms with van der Waals surface area (Å²) in [6.07, 6.45) is 1.39. The van der Waals surface area contributed by atoms with Gasteiger partial charge in [0.1, 0.15) is 0 Å². The Kier molecular flexibility index (Phi) is 5.17. The number of aryl methyl sites for hydroxylation is 1. The molecule has 21 heavy (non-hydrogen) atoms. The van der Waals surface area contributed by atoms with Crippen molar-refractivity contribution >= 4 is 17.3 Å². The summed E-state index contributed by atoms with van der Waals surface area (Å²) >= 11 is 6.36. The first-order valence-corrected chi connectivity index (χ1v) is 7.05. The van der Waals surface area contributed by atoms with E-state index in [9.17, 15) is 10.1 Å². The van der Waals surface area contributed by atoms with Gasteiger partial charge in [0.05, 0.1) is 17.4 Å². The van der Waals surface area contributed by atoms with Crippen molar-refractivity contribution in [2.24, 2.45) is 0 Å². The van der Waals surface area contributed by atoms with Crippen LogP contribution in [0.5, 0.6) is 5.75 Å². The number of ether oxygens (including phenoxy) is 1. The van der Waals surface area contributed by atoms with Gasteiger partial charge < -0.3 is 4.74 Å². The monoisotopic (exact) mass is 305 g/mol. The van der Waals surface area contributed by atoms with Crippen molar-refractivity contribution in [3.8, 4) is 5.75 Å². The average molecular weight is 306 g/mol. The lowest BCUT2D eigenvalue weighted by molar-refractivity contribution is -0.385. The number of nitro groups is 1. The van der Waals surface area contributed by atoms with E-state index in [2.05, 4.69) is 0 Å². The van der Waals surface area contributed by atoms with E-state index in [-0.39, 0.29) is 16.8 Å². The Labute approximate surface area is 128 Å². The van der Waals surface area contributed by atoms with Crippen LogP contribution in [0.25, 0.3) is 0 Å². The first-order chi connectivity index (χ1) is 10.1. The van der Waals surface area contributed by atoms with Crippen molar-refractivity contribution in [1.82, 2.24) is 0 Å². The summed E-state index contributed by atoms with van der Waals surface area (Å²) in [6.45, 7) is 0. The molecule has 1 atom stereocenters. The van der Waals surface area contributed by atoms with Crippen molar-refractivity contribution in [3.05, 3.63) is 69.8 Å². The van der Waals surface area contributed by atoms with Gasteiger partial charge in [-0.1, -0.05) is 36.4 Å². The fraction of sp³-hybridized carbons (Fsp3) is 0.250. The molecule has 1 unspecified atom stereocenters. The summed E-state index contributed by atoms with van der Waals surface area (Å²) in [6, 6.07) is 14.8. The van der Waals surface area contributed by atoms with Crippen LogP contribution in [0.3, 0.4) is 0 Å². The molecule has 0 radical (unpaired) electrons. The quantitative estimate of drug-likeness (QED) is 0.448. The van der Waals surface area contributed by atoms with Crippen LogP contribution in [0.2, 0.25) is 0 Å². The Balaban J connectivity index is 2.07. The second kappa shape index (κ2) is 7.09. The van der Waals surface area contributed by atoms with Crippen LogP contribution in [-0.2, 0) is 6.42 Å². The average Bonchev–Trinajstić information content (AvgIpc) is 2.53. The summed E-state index contributed by atoms with van der Waals surface area (Å²) in [5, 5.41) is 10.9. The van der Waals surface area contributed by atoms with Gasteiger partial charge in [-0.3, -0.25) is 10.1 Å². The summed E-state index contributed by atoms with van der Waals surface area (Å²) in [5.74, 6) is 0.272. The van der Waals surface area contributed by atoms with Gasteiger partial charge in [-0.05, 0) is 30.0 Å². The lowest BCUT2D eigenvalue weighted by atomic mass is 10.0. The minimum atomic E-state index is -0.433. The predicted molar refractivity (Wildman–Crippen MR) is 83.0 cm³/mol. The van der Waals surface area contributed by atoms with E-state index in [1.807, 2.05) is 36.4 Å². The summed E-state index contributed by atoms with van der Waals surface area (Å²) in [4.78, 5) is 10.6. The van der Waals surface area contributed by atoms with E-state index in [4.69, 9.17) is 16.3 Å². The zero-order valence-electron chi connectivity index (χ0n) is 11.7. The molecular weight excluding hydrogens is 290 g/mol. The van der Waals surface area contributed by atoms with E-state index in [1.165, 1.54) is 7.11 Å². The highest BCUT2D eigenvalue weighted by atomic mass is 35.5. The fourth-order valence-electron chi connectivity index (χ4n) is 2.16. The third-order valence-corrected chi connectivity index (χ3v) is 3.76. The number of alkyl halides is 1. The molecule has 0 bridgehead atoms. The second-order valence-electron chi connectivity index (χ2n) is 4.68. The van der Waals surface area contributed by atoms with Crippen LogP contribution < -0.4 is 4.74 Å². The zero-order chi connectivity index (χ0) is 15.2. The van der Waals surface area contributed by atoms with Crippen molar-refractivity contribution < 1.29 is 9.66 Å². The zero-order valence-corrected chi connectivity index (χ0v) is 12.4. The Morgan fingerprint density at radius 3 is 2.57 bits per heavy atom. The van der Waals surface area contributed by atoms with Gasteiger partial charge in [0, 0.05) is 6.07 Å². The van der Waals surface area contributed by atoms with Crippen LogP contribution in [-0.4, -0.2) is 12.0 Å². The van der Waals surface area contributed by atoms with Crippen molar-refractivity contribution in [2.75, 3.05) is 7.11 Å². The lowest BCUT2D eigenvalue weighted by Gasteiger charge is -2.10. The first kappa shape index (κ1) is 15.3. The number of hydrogen-bond donors (Lipinski definition) is 0. The van der Waals surface area contributed by atoms with Crippen molar-refractivity contribution in [1.29, 1.82) is 0 Å². The van der Waals surface area contributed by atoms with Crippen LogP contribution in [0, 0.1) is 10.1 Å². The maximum atomic E-state index is 11.0. The predicted octanol–water partition coefficient (Wildman–Crippen LogP) is 4.52. The second-order valence-corrected chi connectivity index (χ2v) is 5.21. The van der Waals surface area contributed by atoms with Gasteiger partial charge in [-0.2, -0.15) is 0 Å². The normalized spacial score (nSPS) is 11.9. The van der Waals surface area contributed by atoms with Gasteiger partial charge in [0.2, 0.25) is 0 Å². The minimum Gasteiger partial charge on any atom is -0.490 e. The highest BCUT2D eigenvalue weighted by Crippen LogP contribution is 2.30. The number of halogens is 1. The third-order valence-electron chi connectivity index (χ3n) is 3.29. The SMILES string of the molecule is COc1ccc(CCC(Cl)c2ccccc2)cc1[N+](=O)[O-]. The Morgan fingerprint density at radius 2 is 1.95 bits per heavy atom. The van der Waals surface area contributed by atoms with Crippen LogP contribution >= 0.6 is 11.6 Å². The lowest BCUT2D eigenvalue weighted by Crippen LogP contribution is -1.97. The van der Waals surface area contributed by atoms with Crippen molar-refractivity contribution in [3.63, 3.8) is 0 Å². The molecule has 0 fully saturated rings. The summed E-state index contributed by atoms with van der Waals surface area (Å²) in [7, 11) is 1.42. The van der Waals surface area contributed by atoms with E-state index in [0.29, 0.717) is 6.42 Å². The first-order valence-electron chi connectivity index (χ1n) is 6.62. The number of nitro benzene ring substituents is 1. The Morgan fingerprint density at radius 1 is 1.24 bits per heavy atom. The molecule has 0 spiro atoms. The molecule has 0 aromatic heterocycles. The summed E-state index contributed by atoms with van der Waals surface area (Å²) < 4.78 is 4.99. The molecule has 0 aliphatic heterocycles. The minimum absolute atomic E-state index is 0.0131. The Hall–Kier alpha value is -2.07. The molecule has 0 aliphatic carbocycles. The summed E-state index contributed by atoms with van der Waals surface area (Å²) in [5.41, 5.74) is 1.92. The number of hydrogen-bond acceptors (Lipinski definition) is 3. The van der Waals surface area contributed by atoms with Gasteiger partial charge in [0.15, 0.2) is 5.75 Å². The molecule has 0 saturated heterocycles. The number of nitrogens with zero attached hydrogens (tertiary/aromatic N) is 1. The van der Waals surface area contributed by atoms with E-state index >= 15 is 0 Å². The maximum Gasteiger partial charge on any atom is 0.311 e. The van der Waals surface area contributed by atoms with Gasteiger partial charge in [0.25, 0.3) is 0 Å². The van der Waals surface area contributed by atoms with Crippen molar-refractivity contribution in [2.45, 2.75) is 18.2 Å². The smallest absolute Gasteiger partial charge is 0.311 e. The van der Waals surface area contributed by atoms with Gasteiger partial charge in [-0.15, -0.1) is 11.6 Å². The molecule has 5 heteroatoms. The standard InChI is InChI=1S/C16H16ClNO3/c1-21-16-10-8-12(11-15(16)18(19)20)7-9-14(17)13-5-3-2-4-6-13/h2-6,8,10-11,14H,7,9H2,1H3. The molecule has 2 aromatic carbocycles.